The number of hydrogen-bond donors (Lipinski definition) is 3. The van der Waals surface area contributed by atoms with E-state index < -0.39 is 13.0 Å². The Labute approximate surface area is 76.1 Å². The van der Waals surface area contributed by atoms with Crippen LogP contribution in [0.1, 0.15) is 10.5 Å². The number of aromatic nitrogens is 1. The van der Waals surface area contributed by atoms with Crippen LogP contribution in [0, 0.1) is 0 Å². The Morgan fingerprint density at radius 1 is 1.69 bits per heavy atom. The minimum absolute atomic E-state index is 0.183. The van der Waals surface area contributed by atoms with Crippen molar-refractivity contribution in [2.24, 2.45) is 7.05 Å². The van der Waals surface area contributed by atoms with Crippen LogP contribution in [0.15, 0.2) is 12.3 Å². The molecule has 3 N–H and O–H groups in total. The Hall–Kier alpha value is -1.43. The van der Waals surface area contributed by atoms with Gasteiger partial charge in [0.25, 0.3) is 0 Å². The van der Waals surface area contributed by atoms with Crippen LogP contribution in [-0.2, 0) is 7.05 Å². The minimum Gasteiger partial charge on any atom is -0.477 e. The molecule has 0 amide bonds. The van der Waals surface area contributed by atoms with Crippen LogP contribution in [-0.4, -0.2) is 27.7 Å². The largest absolute Gasteiger partial charge is 0.477 e. The van der Waals surface area contributed by atoms with E-state index >= 15 is 0 Å². The molecule has 0 aliphatic carbocycles. The second kappa shape index (κ2) is 3.53. The van der Waals surface area contributed by atoms with Crippen molar-refractivity contribution in [3.8, 4) is 0 Å². The van der Waals surface area contributed by atoms with Crippen LogP contribution in [0.25, 0.3) is 0 Å². The summed E-state index contributed by atoms with van der Waals surface area (Å²) in [6.45, 7) is 1.56. The monoisotopic (exact) mass is 182 g/mol. The normalized spacial score (nSPS) is 9.77. The second-order valence-electron chi connectivity index (χ2n) is 2.85. The fourth-order valence-corrected chi connectivity index (χ4v) is 1.10. The number of carbonyl (C=O) groups is 1. The maximum absolute atomic E-state index is 10.6. The van der Waals surface area contributed by atoms with Gasteiger partial charge in [-0.1, -0.05) is 0 Å². The summed E-state index contributed by atoms with van der Waals surface area (Å²) in [6.07, 6.45) is 1.61. The number of carboxylic acids is 1. The van der Waals surface area contributed by atoms with Gasteiger partial charge >= 0.3 is 13.0 Å². The highest BCUT2D eigenvalue weighted by Crippen LogP contribution is 2.12. The molecule has 13 heavy (non-hydrogen) atoms. The van der Waals surface area contributed by atoms with Crippen LogP contribution in [0.3, 0.4) is 0 Å². The van der Waals surface area contributed by atoms with E-state index in [4.69, 9.17) is 10.1 Å². The molecule has 0 radical (unpaired) electrons. The van der Waals surface area contributed by atoms with Gasteiger partial charge in [0.2, 0.25) is 0 Å². The van der Waals surface area contributed by atoms with E-state index in [9.17, 15) is 4.79 Å². The highest BCUT2D eigenvalue weighted by molar-refractivity contribution is 6.52. The number of anilines is 1. The fraction of sp³-hybridized carbons (Fsp3) is 0.286. The Balaban J connectivity index is 2.89. The zero-order valence-corrected chi connectivity index (χ0v) is 7.48. The number of aromatic carboxylic acids is 1. The minimum atomic E-state index is -0.985. The number of hydrogen-bond acceptors (Lipinski definition) is 3. The first-order valence-corrected chi connectivity index (χ1v) is 3.85. The quantitative estimate of drug-likeness (QED) is 0.585. The van der Waals surface area contributed by atoms with Gasteiger partial charge in [-0.05, 0) is 12.9 Å². The molecule has 0 unspecified atom stereocenters. The third kappa shape index (κ3) is 2.25. The van der Waals surface area contributed by atoms with Gasteiger partial charge in [-0.25, -0.2) is 4.79 Å². The Kier molecular flexibility index (Phi) is 2.62. The van der Waals surface area contributed by atoms with Crippen molar-refractivity contribution >= 4 is 18.7 Å². The van der Waals surface area contributed by atoms with E-state index in [1.54, 1.807) is 20.1 Å². The number of aryl methyl sites for hydroxylation is 1. The molecule has 0 bridgehead atoms. The maximum atomic E-state index is 10.6. The molecule has 70 valence electrons. The van der Waals surface area contributed by atoms with E-state index in [1.165, 1.54) is 10.6 Å². The topological polar surface area (TPSA) is 74.5 Å². The first-order chi connectivity index (χ1) is 6.00. The Morgan fingerprint density at radius 2 is 2.31 bits per heavy atom. The molecular weight excluding hydrogens is 171 g/mol. The Morgan fingerprint density at radius 3 is 2.69 bits per heavy atom. The maximum Gasteiger partial charge on any atom is 0.406 e. The summed E-state index contributed by atoms with van der Waals surface area (Å²) in [7, 11) is 0.945. The van der Waals surface area contributed by atoms with E-state index in [0.717, 1.165) is 0 Å². The molecule has 0 spiro atoms. The van der Waals surface area contributed by atoms with Crippen molar-refractivity contribution in [3.05, 3.63) is 18.0 Å². The van der Waals surface area contributed by atoms with Gasteiger partial charge in [-0.3, -0.25) is 0 Å². The second-order valence-corrected chi connectivity index (χ2v) is 2.85. The van der Waals surface area contributed by atoms with E-state index in [-0.39, 0.29) is 5.69 Å². The Bertz CT molecular complexity index is 322. The van der Waals surface area contributed by atoms with E-state index in [2.05, 4.69) is 5.23 Å². The summed E-state index contributed by atoms with van der Waals surface area (Å²) >= 11 is 0. The van der Waals surface area contributed by atoms with Gasteiger partial charge in [0.1, 0.15) is 5.69 Å². The first kappa shape index (κ1) is 9.66. The van der Waals surface area contributed by atoms with Crippen LogP contribution in [0.5, 0.6) is 0 Å². The molecular formula is C7H11BN2O3. The molecule has 1 heterocycles. The summed E-state index contributed by atoms with van der Waals surface area (Å²) in [4.78, 5) is 10.6. The predicted octanol–water partition coefficient (Wildman–Crippen LogP) is 0.245. The molecule has 0 saturated carbocycles. The van der Waals surface area contributed by atoms with Gasteiger partial charge in [0, 0.05) is 18.9 Å². The molecule has 0 aliphatic heterocycles. The lowest BCUT2D eigenvalue weighted by molar-refractivity contribution is 0.0686. The summed E-state index contributed by atoms with van der Waals surface area (Å²) in [6, 6.07) is 1.47. The zero-order chi connectivity index (χ0) is 10.0. The predicted molar refractivity (Wildman–Crippen MR) is 49.8 cm³/mol. The molecule has 1 aromatic rings. The van der Waals surface area contributed by atoms with Crippen LogP contribution in [0.4, 0.5) is 5.69 Å². The summed E-state index contributed by atoms with van der Waals surface area (Å²) in [5, 5.41) is 20.4. The zero-order valence-electron chi connectivity index (χ0n) is 7.48. The van der Waals surface area contributed by atoms with Crippen molar-refractivity contribution < 1.29 is 14.9 Å². The average molecular weight is 182 g/mol. The standard InChI is InChI=1S/C7H11BN2O3/c1-8(13)9-5-3-6(7(11)12)10(2)4-5/h3-4,9,13H,1-2H3,(H,11,12). The lowest BCUT2D eigenvalue weighted by Crippen LogP contribution is -2.18. The summed E-state index contributed by atoms with van der Waals surface area (Å²) < 4.78 is 1.48. The number of nitrogens with one attached hydrogen (secondary N) is 1. The lowest BCUT2D eigenvalue weighted by Gasteiger charge is -2.00. The van der Waals surface area contributed by atoms with Crippen molar-refractivity contribution in [1.29, 1.82) is 0 Å². The van der Waals surface area contributed by atoms with Crippen LogP contribution >= 0.6 is 0 Å². The SMILES string of the molecule is CB(O)Nc1cc(C(=O)O)n(C)c1. The number of rotatable bonds is 3. The smallest absolute Gasteiger partial charge is 0.406 e. The molecule has 1 rings (SSSR count). The molecule has 0 atom stereocenters. The van der Waals surface area contributed by atoms with E-state index in [1.807, 2.05) is 0 Å². The number of nitrogens with zero attached hydrogens (tertiary/aromatic N) is 1. The molecule has 0 saturated heterocycles. The van der Waals surface area contributed by atoms with Gasteiger partial charge in [-0.2, -0.15) is 0 Å². The van der Waals surface area contributed by atoms with Crippen molar-refractivity contribution in [3.63, 3.8) is 0 Å². The van der Waals surface area contributed by atoms with Gasteiger partial charge in [0.15, 0.2) is 0 Å². The van der Waals surface area contributed by atoms with E-state index in [0.29, 0.717) is 5.69 Å². The lowest BCUT2D eigenvalue weighted by atomic mass is 9.89. The molecule has 0 aromatic carbocycles. The highest BCUT2D eigenvalue weighted by Gasteiger charge is 2.11. The number of carboxylic acid groups (broad SMARTS) is 1. The summed E-state index contributed by atoms with van der Waals surface area (Å²) in [5.74, 6) is -0.985. The molecule has 1 aromatic heterocycles. The summed E-state index contributed by atoms with van der Waals surface area (Å²) in [5.41, 5.74) is 0.776. The average Bonchev–Trinajstić information content (AvgIpc) is 2.29. The molecule has 0 aliphatic rings. The fourth-order valence-electron chi connectivity index (χ4n) is 1.10. The van der Waals surface area contributed by atoms with Crippen LogP contribution in [0.2, 0.25) is 6.82 Å². The van der Waals surface area contributed by atoms with Crippen LogP contribution < -0.4 is 5.23 Å². The van der Waals surface area contributed by atoms with Crippen molar-refractivity contribution in [2.75, 3.05) is 5.23 Å². The third-order valence-electron chi connectivity index (χ3n) is 1.60. The van der Waals surface area contributed by atoms with Crippen molar-refractivity contribution in [2.45, 2.75) is 6.82 Å². The third-order valence-corrected chi connectivity index (χ3v) is 1.60. The van der Waals surface area contributed by atoms with Gasteiger partial charge < -0.3 is 19.9 Å². The first-order valence-electron chi connectivity index (χ1n) is 3.85. The van der Waals surface area contributed by atoms with Gasteiger partial charge in [0.05, 0.1) is 0 Å². The van der Waals surface area contributed by atoms with Crippen molar-refractivity contribution in [1.82, 2.24) is 4.57 Å². The van der Waals surface area contributed by atoms with Gasteiger partial charge in [-0.15, -0.1) is 0 Å². The molecule has 5 nitrogen and oxygen atoms in total. The molecule has 0 fully saturated rings. The highest BCUT2D eigenvalue weighted by atomic mass is 16.4. The molecule has 6 heteroatoms.